The number of fused-ring (bicyclic) bond motifs is 7. The van der Waals surface area contributed by atoms with Gasteiger partial charge in [-0.3, -0.25) is 0 Å². The van der Waals surface area contributed by atoms with Crippen molar-refractivity contribution in [2.24, 2.45) is 0 Å². The Labute approximate surface area is 259 Å². The molecule has 1 aromatic heterocycles. The zero-order valence-electron chi connectivity index (χ0n) is 21.0. The molecule has 0 aliphatic carbocycles. The number of nitrogens with zero attached hydrogens (tertiary/aromatic N) is 1. The molecule has 0 saturated carbocycles. The first kappa shape index (κ1) is 25.1. The maximum absolute atomic E-state index is 5.07. The number of rotatable bonds is 1. The molecular formula is C35H19IrNPSe2-. The van der Waals surface area contributed by atoms with Crippen molar-refractivity contribution in [1.29, 1.82) is 0 Å². The molecule has 3 heterocycles. The van der Waals surface area contributed by atoms with Crippen molar-refractivity contribution in [2.75, 3.05) is 0 Å². The van der Waals surface area contributed by atoms with E-state index in [1.807, 2.05) is 0 Å². The predicted octanol–water partition coefficient (Wildman–Crippen LogP) is 3.70. The van der Waals surface area contributed by atoms with Crippen LogP contribution in [0.25, 0.3) is 43.7 Å². The molecule has 40 heavy (non-hydrogen) atoms. The Morgan fingerprint density at radius 2 is 1.12 bits per heavy atom. The molecule has 0 amide bonds. The van der Waals surface area contributed by atoms with Gasteiger partial charge in [0.05, 0.1) is 0 Å². The third-order valence-corrected chi connectivity index (χ3v) is 16.2. The summed E-state index contributed by atoms with van der Waals surface area (Å²) in [7, 11) is -0.627. The first-order chi connectivity index (χ1) is 19.3. The molecule has 6 aromatic carbocycles. The van der Waals surface area contributed by atoms with Crippen LogP contribution < -0.4 is 33.8 Å². The van der Waals surface area contributed by atoms with Crippen LogP contribution in [0.2, 0.25) is 0 Å². The fourth-order valence-corrected chi connectivity index (χ4v) is 15.7. The fourth-order valence-electron chi connectivity index (χ4n) is 5.77. The van der Waals surface area contributed by atoms with Gasteiger partial charge in [-0.2, -0.15) is 0 Å². The van der Waals surface area contributed by atoms with Crippen molar-refractivity contribution in [1.82, 2.24) is 4.98 Å². The zero-order chi connectivity index (χ0) is 25.5. The number of pyridine rings is 1. The van der Waals surface area contributed by atoms with Crippen LogP contribution in [0.15, 0.2) is 115 Å². The number of hydrogen-bond donors (Lipinski definition) is 0. The van der Waals surface area contributed by atoms with Gasteiger partial charge in [-0.1, -0.05) is 0 Å². The van der Waals surface area contributed by atoms with E-state index in [1.165, 1.54) is 44.8 Å². The van der Waals surface area contributed by atoms with Gasteiger partial charge in [0, 0.05) is 20.1 Å². The molecule has 1 unspecified atom stereocenters. The van der Waals surface area contributed by atoms with Gasteiger partial charge in [-0.05, 0) is 0 Å². The molecule has 0 saturated heterocycles. The Hall–Kier alpha value is -2.63. The average Bonchev–Trinajstić information content (AvgIpc) is 2.98. The van der Waals surface area contributed by atoms with Gasteiger partial charge in [-0.25, -0.2) is 0 Å². The van der Waals surface area contributed by atoms with E-state index in [9.17, 15) is 0 Å². The van der Waals surface area contributed by atoms with E-state index in [2.05, 4.69) is 121 Å². The van der Waals surface area contributed by atoms with Crippen LogP contribution in [0.4, 0.5) is 0 Å². The van der Waals surface area contributed by atoms with E-state index >= 15 is 0 Å². The molecule has 2 aliphatic heterocycles. The number of para-hydroxylation sites is 1. The monoisotopic (exact) mass is 837 g/mol. The van der Waals surface area contributed by atoms with Crippen molar-refractivity contribution >= 4 is 104 Å². The Morgan fingerprint density at radius 3 is 1.80 bits per heavy atom. The Kier molecular flexibility index (Phi) is 6.11. The van der Waals surface area contributed by atoms with Gasteiger partial charge in [0.2, 0.25) is 0 Å². The topological polar surface area (TPSA) is 12.9 Å². The third kappa shape index (κ3) is 3.91. The minimum absolute atomic E-state index is 0. The summed E-state index contributed by atoms with van der Waals surface area (Å²) < 4.78 is 6.00. The van der Waals surface area contributed by atoms with Crippen LogP contribution in [-0.2, 0) is 20.1 Å². The molecule has 191 valence electrons. The first-order valence-corrected chi connectivity index (χ1v) is 17.7. The van der Waals surface area contributed by atoms with Crippen LogP contribution in [0, 0.1) is 6.07 Å². The summed E-state index contributed by atoms with van der Waals surface area (Å²) in [5.74, 6) is 0. The van der Waals surface area contributed by atoms with Gasteiger partial charge in [0.1, 0.15) is 0 Å². The molecule has 1 nitrogen and oxygen atoms in total. The van der Waals surface area contributed by atoms with E-state index < -0.39 is 7.92 Å². The number of benzene rings is 6. The summed E-state index contributed by atoms with van der Waals surface area (Å²) in [5.41, 5.74) is 3.21. The Bertz CT molecular complexity index is 2050. The van der Waals surface area contributed by atoms with Gasteiger partial charge in [0.25, 0.3) is 0 Å². The van der Waals surface area contributed by atoms with Crippen LogP contribution >= 0.6 is 7.92 Å². The number of aromatic nitrogens is 1. The minimum atomic E-state index is -0.627. The molecule has 0 bridgehead atoms. The SMILES string of the molecule is [Ir].[c-]1c(-c2ccc3ccccc3n2)cc2c3c1[Se]c1cc4ccccc4cc1P3c1cc3ccccc3cc1[Se]2. The van der Waals surface area contributed by atoms with Gasteiger partial charge >= 0.3 is 242 Å². The summed E-state index contributed by atoms with van der Waals surface area (Å²) >= 11 is 0.451. The molecule has 5 heteroatoms. The second-order valence-corrected chi connectivity index (χ2v) is 16.6. The first-order valence-electron chi connectivity index (χ1n) is 13.0. The van der Waals surface area contributed by atoms with Crippen molar-refractivity contribution in [3.63, 3.8) is 0 Å². The molecule has 1 radical (unpaired) electrons. The molecule has 7 aromatic rings. The Morgan fingerprint density at radius 1 is 0.550 bits per heavy atom. The van der Waals surface area contributed by atoms with E-state index in [-0.39, 0.29) is 50.0 Å². The third-order valence-electron chi connectivity index (χ3n) is 7.64. The van der Waals surface area contributed by atoms with Crippen LogP contribution in [0.5, 0.6) is 0 Å². The fraction of sp³-hybridized carbons (Fsp3) is 0. The standard InChI is InChI=1S/C35H19NPSe2.Ir/c1-3-10-24-17-31-29(15-22(24)8-1)37-30-16-23-9-2-4-11-25(23)18-32(30)39-34-20-26(19-33(38-31)35(34)37)28-14-13-21-7-5-6-12-27(21)36-28;/h1-19H;/q-1;. The molecule has 1 atom stereocenters. The van der Waals surface area contributed by atoms with Crippen LogP contribution in [0.3, 0.4) is 0 Å². The van der Waals surface area contributed by atoms with Gasteiger partial charge in [0.15, 0.2) is 0 Å². The predicted molar refractivity (Wildman–Crippen MR) is 170 cm³/mol. The molecule has 0 spiro atoms. The summed E-state index contributed by atoms with van der Waals surface area (Å²) in [6, 6.07) is 46.7. The quantitative estimate of drug-likeness (QED) is 0.140. The summed E-state index contributed by atoms with van der Waals surface area (Å²) in [4.78, 5) is 5.07. The van der Waals surface area contributed by atoms with E-state index in [0.717, 1.165) is 16.8 Å². The van der Waals surface area contributed by atoms with Gasteiger partial charge < -0.3 is 0 Å². The molecule has 0 fully saturated rings. The number of hydrogen-bond acceptors (Lipinski definition) is 1. The van der Waals surface area contributed by atoms with Crippen molar-refractivity contribution in [2.45, 2.75) is 0 Å². The van der Waals surface area contributed by atoms with Crippen LogP contribution in [-0.4, -0.2) is 34.9 Å². The summed E-state index contributed by atoms with van der Waals surface area (Å²) in [5, 5.41) is 11.2. The molecular weight excluding hydrogens is 816 g/mol. The summed E-state index contributed by atoms with van der Waals surface area (Å²) in [6.07, 6.45) is 0. The normalized spacial score (nSPS) is 14.8. The molecule has 0 N–H and O–H groups in total. The van der Waals surface area contributed by atoms with Crippen molar-refractivity contribution in [3.05, 3.63) is 121 Å². The molecule has 2 aliphatic rings. The van der Waals surface area contributed by atoms with Crippen LogP contribution in [0.1, 0.15) is 0 Å². The maximum atomic E-state index is 5.07. The second kappa shape index (κ2) is 9.73. The van der Waals surface area contributed by atoms with Crippen molar-refractivity contribution < 1.29 is 20.1 Å². The average molecular weight is 835 g/mol. The van der Waals surface area contributed by atoms with Crippen molar-refractivity contribution in [3.8, 4) is 11.3 Å². The van der Waals surface area contributed by atoms with E-state index in [4.69, 9.17) is 4.98 Å². The Balaban J connectivity index is 0.00000245. The van der Waals surface area contributed by atoms with Gasteiger partial charge in [-0.15, -0.1) is 0 Å². The zero-order valence-corrected chi connectivity index (χ0v) is 27.7. The van der Waals surface area contributed by atoms with E-state index in [0.29, 0.717) is 0 Å². The second-order valence-electron chi connectivity index (χ2n) is 9.99. The van der Waals surface area contributed by atoms with E-state index in [1.54, 1.807) is 15.9 Å². The summed E-state index contributed by atoms with van der Waals surface area (Å²) in [6.45, 7) is 0. The molecule has 9 rings (SSSR count).